The minimum Gasteiger partial charge on any atom is -0.505 e. The summed E-state index contributed by atoms with van der Waals surface area (Å²) in [5, 5.41) is 9.18. The van der Waals surface area contributed by atoms with E-state index in [4.69, 9.17) is 0 Å². The van der Waals surface area contributed by atoms with Crippen molar-refractivity contribution in [2.24, 2.45) is 5.92 Å². The van der Waals surface area contributed by atoms with Gasteiger partial charge in [-0.05, 0) is 55.2 Å². The van der Waals surface area contributed by atoms with Crippen LogP contribution < -0.4 is 0 Å². The van der Waals surface area contributed by atoms with E-state index in [0.29, 0.717) is 18.3 Å². The Morgan fingerprint density at radius 2 is 2.05 bits per heavy atom. The molecule has 4 heteroatoms. The van der Waals surface area contributed by atoms with Crippen molar-refractivity contribution >= 4 is 5.97 Å². The summed E-state index contributed by atoms with van der Waals surface area (Å²) in [5.41, 5.74) is 0.937. The number of hydrogen-bond donors (Lipinski definition) is 1. The molecule has 0 saturated heterocycles. The van der Waals surface area contributed by atoms with Crippen LogP contribution >= 0.6 is 0 Å². The number of esters is 1. The van der Waals surface area contributed by atoms with Crippen molar-refractivity contribution in [1.82, 2.24) is 0 Å². The van der Waals surface area contributed by atoms with E-state index in [2.05, 4.69) is 4.74 Å². The van der Waals surface area contributed by atoms with Gasteiger partial charge in [0.2, 0.25) is 0 Å². The molecule has 1 aromatic carbocycles. The second kappa shape index (κ2) is 6.04. The zero-order chi connectivity index (χ0) is 13.8. The third-order valence-electron chi connectivity index (χ3n) is 3.97. The van der Waals surface area contributed by atoms with Crippen LogP contribution in [0.3, 0.4) is 0 Å². The van der Waals surface area contributed by atoms with E-state index in [-0.39, 0.29) is 11.7 Å². The van der Waals surface area contributed by atoms with Crippen molar-refractivity contribution < 1.29 is 19.0 Å². The van der Waals surface area contributed by atoms with Crippen molar-refractivity contribution in [3.8, 4) is 5.75 Å². The first-order valence-corrected chi connectivity index (χ1v) is 6.65. The van der Waals surface area contributed by atoms with E-state index in [0.717, 1.165) is 31.2 Å². The van der Waals surface area contributed by atoms with Gasteiger partial charge in [-0.3, -0.25) is 4.79 Å². The molecule has 2 rings (SSSR count). The third-order valence-corrected chi connectivity index (χ3v) is 3.97. The summed E-state index contributed by atoms with van der Waals surface area (Å²) < 4.78 is 18.0. The number of benzene rings is 1. The van der Waals surface area contributed by atoms with Crippen LogP contribution in [0.5, 0.6) is 5.75 Å². The van der Waals surface area contributed by atoms with Crippen LogP contribution in [0.25, 0.3) is 0 Å². The molecule has 1 fully saturated rings. The second-order valence-electron chi connectivity index (χ2n) is 5.21. The molecule has 19 heavy (non-hydrogen) atoms. The fourth-order valence-corrected chi connectivity index (χ4v) is 2.80. The van der Waals surface area contributed by atoms with Gasteiger partial charge in [0.05, 0.1) is 7.11 Å². The number of rotatable bonds is 3. The van der Waals surface area contributed by atoms with E-state index < -0.39 is 5.82 Å². The van der Waals surface area contributed by atoms with Crippen molar-refractivity contribution in [3.63, 3.8) is 0 Å². The SMILES string of the molecule is COC(=O)CC1CCC(c2ccc(O)c(F)c2)CC1. The number of phenols is 1. The summed E-state index contributed by atoms with van der Waals surface area (Å²) in [4.78, 5) is 11.2. The Morgan fingerprint density at radius 3 is 2.63 bits per heavy atom. The molecule has 0 aromatic heterocycles. The quantitative estimate of drug-likeness (QED) is 0.853. The predicted octanol–water partition coefficient (Wildman–Crippen LogP) is 3.37. The molecule has 0 amide bonds. The normalized spacial score (nSPS) is 23.1. The molecule has 1 aromatic rings. The number of ether oxygens (including phenoxy) is 1. The van der Waals surface area contributed by atoms with E-state index >= 15 is 0 Å². The first-order chi connectivity index (χ1) is 9.10. The highest BCUT2D eigenvalue weighted by Crippen LogP contribution is 2.37. The highest BCUT2D eigenvalue weighted by Gasteiger charge is 2.24. The first kappa shape index (κ1) is 13.8. The summed E-state index contributed by atoms with van der Waals surface area (Å²) in [5.74, 6) is -0.314. The lowest BCUT2D eigenvalue weighted by Gasteiger charge is -2.28. The summed E-state index contributed by atoms with van der Waals surface area (Å²) in [6, 6.07) is 4.61. The smallest absolute Gasteiger partial charge is 0.305 e. The van der Waals surface area contributed by atoms with Crippen molar-refractivity contribution in [3.05, 3.63) is 29.6 Å². The molecule has 0 heterocycles. The average Bonchev–Trinajstić information content (AvgIpc) is 2.42. The summed E-state index contributed by atoms with van der Waals surface area (Å²) >= 11 is 0. The molecule has 0 radical (unpaired) electrons. The third kappa shape index (κ3) is 3.46. The van der Waals surface area contributed by atoms with Crippen LogP contribution in [-0.4, -0.2) is 18.2 Å². The fraction of sp³-hybridized carbons (Fsp3) is 0.533. The maximum Gasteiger partial charge on any atom is 0.305 e. The number of carbonyl (C=O) groups is 1. The second-order valence-corrected chi connectivity index (χ2v) is 5.21. The molecule has 0 aliphatic heterocycles. The molecule has 1 aliphatic carbocycles. The fourth-order valence-electron chi connectivity index (χ4n) is 2.80. The number of hydrogen-bond acceptors (Lipinski definition) is 3. The number of aromatic hydroxyl groups is 1. The Bertz CT molecular complexity index is 451. The topological polar surface area (TPSA) is 46.5 Å². The Labute approximate surface area is 112 Å². The first-order valence-electron chi connectivity index (χ1n) is 6.65. The summed E-state index contributed by atoms with van der Waals surface area (Å²) in [6.07, 6.45) is 4.30. The number of carbonyl (C=O) groups excluding carboxylic acids is 1. The molecule has 1 aliphatic rings. The number of halogens is 1. The van der Waals surface area contributed by atoms with Gasteiger partial charge >= 0.3 is 5.97 Å². The van der Waals surface area contributed by atoms with Gasteiger partial charge in [0.25, 0.3) is 0 Å². The minimum absolute atomic E-state index is 0.154. The molecule has 3 nitrogen and oxygen atoms in total. The van der Waals surface area contributed by atoms with Crippen LogP contribution in [0.1, 0.15) is 43.6 Å². The lowest BCUT2D eigenvalue weighted by Crippen LogP contribution is -2.17. The van der Waals surface area contributed by atoms with Crippen LogP contribution in [0.15, 0.2) is 18.2 Å². The zero-order valence-electron chi connectivity index (χ0n) is 11.1. The van der Waals surface area contributed by atoms with E-state index in [9.17, 15) is 14.3 Å². The van der Waals surface area contributed by atoms with E-state index in [1.807, 2.05) is 0 Å². The monoisotopic (exact) mass is 266 g/mol. The highest BCUT2D eigenvalue weighted by molar-refractivity contribution is 5.69. The maximum absolute atomic E-state index is 13.3. The lowest BCUT2D eigenvalue weighted by atomic mass is 9.77. The molecular weight excluding hydrogens is 247 g/mol. The molecule has 0 bridgehead atoms. The Hall–Kier alpha value is -1.58. The van der Waals surface area contributed by atoms with E-state index in [1.165, 1.54) is 19.2 Å². The van der Waals surface area contributed by atoms with Gasteiger partial charge in [0.1, 0.15) is 0 Å². The van der Waals surface area contributed by atoms with Gasteiger partial charge in [-0.15, -0.1) is 0 Å². The van der Waals surface area contributed by atoms with Crippen molar-refractivity contribution in [2.45, 2.75) is 38.0 Å². The number of phenolic OH excluding ortho intramolecular Hbond substituents is 1. The Kier molecular flexibility index (Phi) is 4.40. The summed E-state index contributed by atoms with van der Waals surface area (Å²) in [6.45, 7) is 0. The zero-order valence-corrected chi connectivity index (χ0v) is 11.1. The van der Waals surface area contributed by atoms with Gasteiger partial charge < -0.3 is 9.84 Å². The molecule has 0 unspecified atom stereocenters. The van der Waals surface area contributed by atoms with Crippen LogP contribution in [0.4, 0.5) is 4.39 Å². The van der Waals surface area contributed by atoms with Crippen LogP contribution in [-0.2, 0) is 9.53 Å². The predicted molar refractivity (Wildman–Crippen MR) is 69.4 cm³/mol. The minimum atomic E-state index is -0.561. The lowest BCUT2D eigenvalue weighted by molar-refractivity contribution is -0.142. The standard InChI is InChI=1S/C15H19FO3/c1-19-15(18)8-10-2-4-11(5-3-10)12-6-7-14(17)13(16)9-12/h6-7,9-11,17H,2-5,8H2,1H3. The maximum atomic E-state index is 13.3. The van der Waals surface area contributed by atoms with Crippen molar-refractivity contribution in [2.75, 3.05) is 7.11 Å². The number of methoxy groups -OCH3 is 1. The molecular formula is C15H19FO3. The van der Waals surface area contributed by atoms with Crippen LogP contribution in [0, 0.1) is 11.7 Å². The van der Waals surface area contributed by atoms with Crippen LogP contribution in [0.2, 0.25) is 0 Å². The van der Waals surface area contributed by atoms with Gasteiger partial charge in [0, 0.05) is 6.42 Å². The van der Waals surface area contributed by atoms with Gasteiger partial charge in [-0.25, -0.2) is 4.39 Å². The Morgan fingerprint density at radius 1 is 1.37 bits per heavy atom. The van der Waals surface area contributed by atoms with Crippen molar-refractivity contribution in [1.29, 1.82) is 0 Å². The van der Waals surface area contributed by atoms with Gasteiger partial charge in [-0.2, -0.15) is 0 Å². The molecule has 1 saturated carbocycles. The Balaban J connectivity index is 1.92. The molecule has 1 N–H and O–H groups in total. The summed E-state index contributed by atoms with van der Waals surface area (Å²) in [7, 11) is 1.41. The average molecular weight is 266 g/mol. The van der Waals surface area contributed by atoms with Gasteiger partial charge in [0.15, 0.2) is 11.6 Å². The van der Waals surface area contributed by atoms with E-state index in [1.54, 1.807) is 6.07 Å². The van der Waals surface area contributed by atoms with Gasteiger partial charge in [-0.1, -0.05) is 6.07 Å². The highest BCUT2D eigenvalue weighted by atomic mass is 19.1. The molecule has 0 spiro atoms. The molecule has 104 valence electrons. The molecule has 0 atom stereocenters. The largest absolute Gasteiger partial charge is 0.505 e.